The Kier molecular flexibility index (Phi) is 77.0. The first-order valence-corrected chi connectivity index (χ1v) is 30.1. The molecule has 0 atom stereocenters. The molecular weight excluding hydrogens is 900 g/mol. The number of hydrogen-bond donors (Lipinski definition) is 0. The van der Waals surface area contributed by atoms with Crippen LogP contribution in [0.25, 0.3) is 0 Å². The van der Waals surface area contributed by atoms with Crippen molar-refractivity contribution in [2.45, 2.75) is 349 Å². The zero-order chi connectivity index (χ0) is 49.5. The summed E-state index contributed by atoms with van der Waals surface area (Å²) in [4.78, 5) is 30.7. The van der Waals surface area contributed by atoms with Crippen LogP contribution < -0.4 is 15.3 Å². The van der Waals surface area contributed by atoms with Crippen molar-refractivity contribution in [2.24, 2.45) is 0 Å². The van der Waals surface area contributed by atoms with Gasteiger partial charge in [-0.2, -0.15) is 0 Å². The van der Waals surface area contributed by atoms with Crippen molar-refractivity contribution in [3.8, 4) is 0 Å². The summed E-state index contributed by atoms with van der Waals surface area (Å²) in [5, 5.41) is 30.7. The molecule has 392 valence electrons. The van der Waals surface area contributed by atoms with Crippen molar-refractivity contribution >= 4 is 17.9 Å². The summed E-state index contributed by atoms with van der Waals surface area (Å²) in [7, 11) is 0. The van der Waals surface area contributed by atoms with Gasteiger partial charge in [0.1, 0.15) is 0 Å². The molecule has 0 aliphatic rings. The topological polar surface area (TPSA) is 130 Å². The maximum atomic E-state index is 10.2. The normalized spacial score (nSPS) is 10.7. The standard InChI is InChI=1S/3C18H36O2.C4H9O.Zr/c3*1-2-3-4-5-6-7-8-9-10-11-12-13-14-15-16-17-18(19)20;1-2-3-4-5;/h3*2-17H2,1H3,(H,19,20);2-4H2,1H3;/q;;;-1;+4/p-3. The molecule has 0 spiro atoms. The third kappa shape index (κ3) is 86.4. The summed E-state index contributed by atoms with van der Waals surface area (Å²) >= 11 is 1.19. The second-order valence-electron chi connectivity index (χ2n) is 19.4. The Morgan fingerprint density at radius 1 is 0.258 bits per heavy atom. The molecule has 0 fully saturated rings. The van der Waals surface area contributed by atoms with E-state index in [9.17, 15) is 29.7 Å². The molecule has 0 bridgehead atoms. The van der Waals surface area contributed by atoms with Gasteiger partial charge in [0.05, 0.1) is 0 Å². The van der Waals surface area contributed by atoms with Gasteiger partial charge in [-0.25, -0.2) is 0 Å². The molecule has 0 aliphatic carbocycles. The first-order valence-electron chi connectivity index (χ1n) is 29.1. The van der Waals surface area contributed by atoms with Gasteiger partial charge in [0.15, 0.2) is 0 Å². The van der Waals surface area contributed by atoms with Crippen LogP contribution in [0.4, 0.5) is 0 Å². The number of carboxylic acid groups (broad SMARTS) is 3. The minimum atomic E-state index is -0.903. The third-order valence-corrected chi connectivity index (χ3v) is 13.1. The van der Waals surface area contributed by atoms with Crippen LogP contribution in [-0.2, 0) is 42.4 Å². The predicted octanol–water partition coefficient (Wildman–Crippen LogP) is 16.3. The molecule has 0 aromatic carbocycles. The molecule has 0 amide bonds. The Morgan fingerprint density at radius 2 is 0.394 bits per heavy atom. The average molecular weight is 1010 g/mol. The molecule has 0 aromatic heterocycles. The summed E-state index contributed by atoms with van der Waals surface area (Å²) in [6.07, 6.45) is 62.0. The van der Waals surface area contributed by atoms with Crippen LogP contribution in [0.15, 0.2) is 0 Å². The number of rotatable bonds is 51. The number of aliphatic carboxylic acids is 3. The van der Waals surface area contributed by atoms with E-state index in [2.05, 4.69) is 27.7 Å². The molecule has 0 saturated carbocycles. The zero-order valence-electron chi connectivity index (χ0n) is 44.9. The van der Waals surface area contributed by atoms with Gasteiger partial charge >= 0.3 is 54.3 Å². The van der Waals surface area contributed by atoms with Crippen LogP contribution in [0.5, 0.6) is 0 Å². The average Bonchev–Trinajstić information content (AvgIpc) is 3.30. The monoisotopic (exact) mass is 1010 g/mol. The van der Waals surface area contributed by atoms with E-state index in [1.54, 1.807) is 0 Å². The van der Waals surface area contributed by atoms with Crippen LogP contribution in [0.3, 0.4) is 0 Å². The fourth-order valence-electron chi connectivity index (χ4n) is 8.14. The Balaban J connectivity index is -0.000000410. The molecule has 0 unspecified atom stereocenters. The second-order valence-corrected chi connectivity index (χ2v) is 20.1. The molecule has 66 heavy (non-hydrogen) atoms. The summed E-state index contributed by atoms with van der Waals surface area (Å²) < 4.78 is 4.87. The number of unbranched alkanes of at least 4 members (excludes halogenated alkanes) is 43. The van der Waals surface area contributed by atoms with Crippen LogP contribution >= 0.6 is 0 Å². The van der Waals surface area contributed by atoms with Crippen molar-refractivity contribution < 1.29 is 57.7 Å². The van der Waals surface area contributed by atoms with Crippen LogP contribution in [0.2, 0.25) is 0 Å². The number of carbonyl (C=O) groups is 3. The van der Waals surface area contributed by atoms with Gasteiger partial charge in [-0.15, -0.1) is 0 Å². The molecule has 0 heterocycles. The third-order valence-electron chi connectivity index (χ3n) is 12.6. The number of carbonyl (C=O) groups excluding carboxylic acids is 3. The van der Waals surface area contributed by atoms with Gasteiger partial charge in [0.2, 0.25) is 0 Å². The van der Waals surface area contributed by atoms with Gasteiger partial charge < -0.3 is 29.7 Å². The first kappa shape index (κ1) is 71.8. The van der Waals surface area contributed by atoms with E-state index < -0.39 is 17.9 Å². The van der Waals surface area contributed by atoms with Gasteiger partial charge in [-0.3, -0.25) is 0 Å². The number of hydrogen-bond acceptors (Lipinski definition) is 7. The SMILES string of the molecule is CCCCCCCCCCCCCCCCCC(=O)[O-].CCCCCCCCCCCCCCCCCC(=O)[O-].CCCCCCCCCCCCCCCCCC(=O)[O-].CCCC[O][Zr+3]. The van der Waals surface area contributed by atoms with Crippen LogP contribution in [0, 0.1) is 0 Å². The summed E-state index contributed by atoms with van der Waals surface area (Å²) in [5.74, 6) is -2.71. The van der Waals surface area contributed by atoms with E-state index in [1.165, 1.54) is 288 Å². The van der Waals surface area contributed by atoms with Gasteiger partial charge in [0.25, 0.3) is 0 Å². The molecule has 7 nitrogen and oxygen atoms in total. The van der Waals surface area contributed by atoms with E-state index in [0.717, 1.165) is 45.1 Å². The number of carboxylic acids is 3. The van der Waals surface area contributed by atoms with Crippen molar-refractivity contribution in [3.05, 3.63) is 0 Å². The molecule has 0 radical (unpaired) electrons. The molecule has 0 rings (SSSR count). The van der Waals surface area contributed by atoms with Crippen LogP contribution in [-0.4, -0.2) is 24.5 Å². The fraction of sp³-hybridized carbons (Fsp3) is 0.948. The zero-order valence-corrected chi connectivity index (χ0v) is 47.4. The van der Waals surface area contributed by atoms with Gasteiger partial charge in [-0.1, -0.05) is 290 Å². The van der Waals surface area contributed by atoms with Crippen molar-refractivity contribution in [2.75, 3.05) is 6.61 Å². The summed E-state index contributed by atoms with van der Waals surface area (Å²) in [6, 6.07) is 0. The Morgan fingerprint density at radius 3 is 0.500 bits per heavy atom. The fourth-order valence-corrected chi connectivity index (χ4v) is 8.49. The maximum absolute atomic E-state index is 10.2. The molecule has 0 aromatic rings. The summed E-state index contributed by atoms with van der Waals surface area (Å²) in [5.41, 5.74) is 0. The quantitative estimate of drug-likeness (QED) is 0.0555. The van der Waals surface area contributed by atoms with E-state index in [4.69, 9.17) is 2.81 Å². The van der Waals surface area contributed by atoms with Crippen molar-refractivity contribution in [1.29, 1.82) is 0 Å². The van der Waals surface area contributed by atoms with E-state index in [0.29, 0.717) is 0 Å². The Labute approximate surface area is 428 Å². The molecule has 8 heteroatoms. The predicted molar refractivity (Wildman–Crippen MR) is 275 cm³/mol. The minimum absolute atomic E-state index is 0.234. The Hall–Kier alpha value is -0.747. The van der Waals surface area contributed by atoms with Crippen molar-refractivity contribution in [1.82, 2.24) is 0 Å². The molecular formula is C58H114O7Zr. The summed E-state index contributed by atoms with van der Waals surface area (Å²) in [6.45, 7) is 9.92. The van der Waals surface area contributed by atoms with E-state index in [-0.39, 0.29) is 19.3 Å². The van der Waals surface area contributed by atoms with E-state index >= 15 is 0 Å². The van der Waals surface area contributed by atoms with Crippen LogP contribution in [0.1, 0.15) is 349 Å². The van der Waals surface area contributed by atoms with Gasteiger partial charge in [-0.05, 0) is 38.5 Å². The Bertz CT molecular complexity index is 777. The van der Waals surface area contributed by atoms with Gasteiger partial charge in [0, 0.05) is 17.9 Å². The second kappa shape index (κ2) is 70.8. The van der Waals surface area contributed by atoms with Crippen molar-refractivity contribution in [3.63, 3.8) is 0 Å². The molecule has 0 N–H and O–H groups in total. The van der Waals surface area contributed by atoms with E-state index in [1.807, 2.05) is 0 Å². The molecule has 0 saturated heterocycles. The molecule has 0 aliphatic heterocycles. The first-order chi connectivity index (χ1) is 32.2.